The summed E-state index contributed by atoms with van der Waals surface area (Å²) in [7, 11) is -3.60. The van der Waals surface area contributed by atoms with Crippen molar-refractivity contribution in [3.63, 3.8) is 0 Å². The number of sulfonamides is 1. The Labute approximate surface area is 210 Å². The lowest BCUT2D eigenvalue weighted by Gasteiger charge is -2.24. The first-order valence-corrected chi connectivity index (χ1v) is 13.8. The first kappa shape index (κ1) is 23.8. The number of hydrogen-bond acceptors (Lipinski definition) is 7. The van der Waals surface area contributed by atoms with Gasteiger partial charge < -0.3 is 0 Å². The SMILES string of the molecule is Cc1cc(C)nc(Sc2nnc(-c3ccc(C)c4c3C(C)N(C(C)C)S4(=O)=O)c3ccccc23)n1. The topological polar surface area (TPSA) is 88.9 Å². The van der Waals surface area contributed by atoms with Crippen molar-refractivity contribution in [3.05, 3.63) is 65.0 Å². The fourth-order valence-corrected chi connectivity index (χ4v) is 8.26. The largest absolute Gasteiger partial charge is 0.244 e. The van der Waals surface area contributed by atoms with Gasteiger partial charge in [-0.25, -0.2) is 18.4 Å². The molecule has 3 heterocycles. The molecule has 1 aliphatic heterocycles. The second-order valence-corrected chi connectivity index (χ2v) is 11.9. The van der Waals surface area contributed by atoms with E-state index in [-0.39, 0.29) is 12.1 Å². The average molecular weight is 506 g/mol. The third-order valence-electron chi connectivity index (χ3n) is 6.30. The maximum atomic E-state index is 13.5. The zero-order valence-corrected chi connectivity index (χ0v) is 22.2. The summed E-state index contributed by atoms with van der Waals surface area (Å²) in [6, 6.07) is 13.3. The molecule has 180 valence electrons. The van der Waals surface area contributed by atoms with Crippen LogP contribution in [0.3, 0.4) is 0 Å². The number of nitrogens with zero attached hydrogens (tertiary/aromatic N) is 5. The third-order valence-corrected chi connectivity index (χ3v) is 9.51. The Morgan fingerprint density at radius 1 is 0.943 bits per heavy atom. The molecule has 4 aromatic rings. The predicted octanol–water partition coefficient (Wildman–Crippen LogP) is 5.64. The lowest BCUT2D eigenvalue weighted by Crippen LogP contribution is -2.33. The Hall–Kier alpha value is -2.88. The van der Waals surface area contributed by atoms with E-state index in [1.165, 1.54) is 11.8 Å². The Balaban J connectivity index is 1.71. The molecule has 35 heavy (non-hydrogen) atoms. The molecule has 9 heteroatoms. The molecule has 2 aromatic carbocycles. The monoisotopic (exact) mass is 505 g/mol. The summed E-state index contributed by atoms with van der Waals surface area (Å²) < 4.78 is 28.6. The van der Waals surface area contributed by atoms with Crippen LogP contribution in [0.2, 0.25) is 0 Å². The van der Waals surface area contributed by atoms with E-state index >= 15 is 0 Å². The molecule has 0 bridgehead atoms. The van der Waals surface area contributed by atoms with Gasteiger partial charge in [0, 0.05) is 39.8 Å². The van der Waals surface area contributed by atoms with Crippen molar-refractivity contribution in [2.75, 3.05) is 0 Å². The molecule has 0 aliphatic carbocycles. The lowest BCUT2D eigenvalue weighted by atomic mass is 9.94. The van der Waals surface area contributed by atoms with Crippen LogP contribution in [0.25, 0.3) is 22.0 Å². The highest BCUT2D eigenvalue weighted by Gasteiger charge is 2.44. The van der Waals surface area contributed by atoms with Gasteiger partial charge in [0.15, 0.2) is 5.16 Å². The summed E-state index contributed by atoms with van der Waals surface area (Å²) >= 11 is 1.38. The minimum Gasteiger partial charge on any atom is -0.228 e. The van der Waals surface area contributed by atoms with Crippen molar-refractivity contribution in [3.8, 4) is 11.3 Å². The molecule has 2 aromatic heterocycles. The number of aryl methyl sites for hydroxylation is 3. The first-order chi connectivity index (χ1) is 16.6. The minimum atomic E-state index is -3.60. The molecule has 0 saturated carbocycles. The molecule has 7 nitrogen and oxygen atoms in total. The Morgan fingerprint density at radius 2 is 1.60 bits per heavy atom. The molecular weight excluding hydrogens is 478 g/mol. The van der Waals surface area contributed by atoms with E-state index in [9.17, 15) is 8.42 Å². The van der Waals surface area contributed by atoms with Crippen LogP contribution in [0, 0.1) is 20.8 Å². The van der Waals surface area contributed by atoms with Gasteiger partial charge in [-0.05, 0) is 70.5 Å². The molecule has 0 saturated heterocycles. The molecule has 1 atom stereocenters. The molecule has 1 aliphatic rings. The van der Waals surface area contributed by atoms with E-state index in [0.717, 1.165) is 38.9 Å². The number of fused-ring (bicyclic) bond motifs is 2. The highest BCUT2D eigenvalue weighted by molar-refractivity contribution is 7.99. The zero-order valence-electron chi connectivity index (χ0n) is 20.6. The standard InChI is InChI=1S/C26H27N5O2S2/c1-14(2)31-18(6)22-21(12-11-15(3)24(22)35(31,32)33)23-19-9-7-8-10-20(19)25(30-29-23)34-26-27-16(4)13-17(5)28-26/h7-14,18H,1-6H3. The minimum absolute atomic E-state index is 0.158. The van der Waals surface area contributed by atoms with Crippen LogP contribution in [-0.2, 0) is 10.0 Å². The lowest BCUT2D eigenvalue weighted by molar-refractivity contribution is 0.306. The smallest absolute Gasteiger partial charge is 0.228 e. The summed E-state index contributed by atoms with van der Waals surface area (Å²) in [5.41, 5.74) is 4.80. The Morgan fingerprint density at radius 3 is 2.26 bits per heavy atom. The normalized spacial score (nSPS) is 17.3. The van der Waals surface area contributed by atoms with Crippen LogP contribution < -0.4 is 0 Å². The van der Waals surface area contributed by atoms with Gasteiger partial charge >= 0.3 is 0 Å². The van der Waals surface area contributed by atoms with Crippen LogP contribution >= 0.6 is 11.8 Å². The van der Waals surface area contributed by atoms with Gasteiger partial charge in [-0.15, -0.1) is 10.2 Å². The highest BCUT2D eigenvalue weighted by atomic mass is 32.2. The van der Waals surface area contributed by atoms with Crippen LogP contribution in [0.4, 0.5) is 0 Å². The number of benzene rings is 2. The van der Waals surface area contributed by atoms with E-state index in [1.54, 1.807) is 4.31 Å². The third kappa shape index (κ3) is 3.91. The van der Waals surface area contributed by atoms with Gasteiger partial charge in [0.2, 0.25) is 10.0 Å². The molecule has 0 radical (unpaired) electrons. The van der Waals surface area contributed by atoms with Gasteiger partial charge in [0.1, 0.15) is 10.7 Å². The predicted molar refractivity (Wildman–Crippen MR) is 138 cm³/mol. The van der Waals surface area contributed by atoms with E-state index in [0.29, 0.717) is 20.8 Å². The summed E-state index contributed by atoms with van der Waals surface area (Å²) in [6.07, 6.45) is 0. The van der Waals surface area contributed by atoms with Crippen LogP contribution in [0.1, 0.15) is 49.3 Å². The zero-order chi connectivity index (χ0) is 25.1. The van der Waals surface area contributed by atoms with Crippen molar-refractivity contribution < 1.29 is 8.42 Å². The quantitative estimate of drug-likeness (QED) is 0.332. The Kier molecular flexibility index (Phi) is 5.89. The second kappa shape index (κ2) is 8.65. The number of rotatable bonds is 4. The summed E-state index contributed by atoms with van der Waals surface area (Å²) in [5, 5.41) is 12.4. The molecule has 0 fully saturated rings. The maximum Gasteiger partial charge on any atom is 0.244 e. The maximum absolute atomic E-state index is 13.5. The molecule has 0 amide bonds. The summed E-state index contributed by atoms with van der Waals surface area (Å²) in [6.45, 7) is 11.5. The fourth-order valence-electron chi connectivity index (χ4n) is 5.02. The first-order valence-electron chi connectivity index (χ1n) is 11.5. The van der Waals surface area contributed by atoms with Gasteiger partial charge in [0.25, 0.3) is 0 Å². The van der Waals surface area contributed by atoms with Gasteiger partial charge in [0.05, 0.1) is 4.90 Å². The molecule has 0 N–H and O–H groups in total. The number of hydrogen-bond donors (Lipinski definition) is 0. The average Bonchev–Trinajstić information content (AvgIpc) is 3.00. The van der Waals surface area contributed by atoms with Crippen LogP contribution in [-0.4, -0.2) is 38.9 Å². The van der Waals surface area contributed by atoms with Crippen molar-refractivity contribution in [1.29, 1.82) is 0 Å². The summed E-state index contributed by atoms with van der Waals surface area (Å²) in [5.74, 6) is 0. The van der Waals surface area contributed by atoms with Crippen molar-refractivity contribution in [2.45, 2.75) is 68.7 Å². The molecular formula is C26H27N5O2S2. The fraction of sp³-hybridized carbons (Fsp3) is 0.308. The van der Waals surface area contributed by atoms with E-state index in [4.69, 9.17) is 0 Å². The molecule has 1 unspecified atom stereocenters. The van der Waals surface area contributed by atoms with Gasteiger partial charge in [-0.2, -0.15) is 4.31 Å². The van der Waals surface area contributed by atoms with E-state index in [1.807, 2.05) is 84.0 Å². The van der Waals surface area contributed by atoms with Crippen LogP contribution in [0.15, 0.2) is 57.5 Å². The van der Waals surface area contributed by atoms with Gasteiger partial charge in [-0.1, -0.05) is 36.4 Å². The van der Waals surface area contributed by atoms with Crippen LogP contribution in [0.5, 0.6) is 0 Å². The van der Waals surface area contributed by atoms with Crippen molar-refractivity contribution in [2.24, 2.45) is 0 Å². The highest BCUT2D eigenvalue weighted by Crippen LogP contribution is 2.47. The molecule has 5 rings (SSSR count). The second-order valence-electron chi connectivity index (χ2n) is 9.21. The van der Waals surface area contributed by atoms with Crippen molar-refractivity contribution >= 4 is 32.6 Å². The van der Waals surface area contributed by atoms with Crippen molar-refractivity contribution in [1.82, 2.24) is 24.5 Å². The number of aromatic nitrogens is 4. The van der Waals surface area contributed by atoms with Gasteiger partial charge in [-0.3, -0.25) is 0 Å². The Bertz CT molecular complexity index is 1560. The van der Waals surface area contributed by atoms with E-state index in [2.05, 4.69) is 20.2 Å². The molecule has 0 spiro atoms. The summed E-state index contributed by atoms with van der Waals surface area (Å²) in [4.78, 5) is 9.47. The van der Waals surface area contributed by atoms with E-state index < -0.39 is 10.0 Å².